The van der Waals surface area contributed by atoms with E-state index in [1.807, 2.05) is 36.3 Å². The highest BCUT2D eigenvalue weighted by Gasteiger charge is 2.22. The van der Waals surface area contributed by atoms with Gasteiger partial charge in [-0.3, -0.25) is 4.68 Å². The Morgan fingerprint density at radius 2 is 2.00 bits per heavy atom. The van der Waals surface area contributed by atoms with Crippen LogP contribution in [-0.2, 0) is 7.05 Å². The molecular weight excluding hydrogens is 398 g/mol. The van der Waals surface area contributed by atoms with Crippen LogP contribution < -0.4 is 10.6 Å². The van der Waals surface area contributed by atoms with E-state index in [0.717, 1.165) is 76.2 Å². The molecule has 160 valence electrons. The van der Waals surface area contributed by atoms with Gasteiger partial charge in [0.25, 0.3) is 0 Å². The van der Waals surface area contributed by atoms with Crippen molar-refractivity contribution >= 4 is 27.6 Å². The smallest absolute Gasteiger partial charge is 0.162 e. The van der Waals surface area contributed by atoms with Gasteiger partial charge in [0.05, 0.1) is 11.2 Å². The van der Waals surface area contributed by atoms with Crippen LogP contribution in [0, 0.1) is 0 Å². The number of piperidine rings is 1. The molecule has 6 rings (SSSR count). The maximum absolute atomic E-state index is 6.34. The molecule has 1 fully saturated rings. The zero-order valence-corrected chi connectivity index (χ0v) is 18.0. The van der Waals surface area contributed by atoms with Crippen LogP contribution in [0.1, 0.15) is 12.8 Å². The van der Waals surface area contributed by atoms with Crippen molar-refractivity contribution in [3.8, 4) is 22.6 Å². The number of fused-ring (bicyclic) bond motifs is 2. The van der Waals surface area contributed by atoms with E-state index >= 15 is 0 Å². The van der Waals surface area contributed by atoms with Gasteiger partial charge >= 0.3 is 0 Å². The summed E-state index contributed by atoms with van der Waals surface area (Å²) >= 11 is 0. The minimum atomic E-state index is 0.158. The molecular formula is C25H25N7. The molecule has 3 aromatic heterocycles. The van der Waals surface area contributed by atoms with Crippen LogP contribution in [0.15, 0.2) is 60.9 Å². The van der Waals surface area contributed by atoms with Crippen LogP contribution in [0.2, 0.25) is 0 Å². The number of aryl methyl sites for hydroxylation is 1. The lowest BCUT2D eigenvalue weighted by Crippen LogP contribution is -2.43. The third-order valence-corrected chi connectivity index (χ3v) is 6.39. The average molecular weight is 424 g/mol. The van der Waals surface area contributed by atoms with Crippen molar-refractivity contribution in [1.29, 1.82) is 0 Å². The molecule has 1 aliphatic rings. The fourth-order valence-electron chi connectivity index (χ4n) is 4.77. The highest BCUT2D eigenvalue weighted by Crippen LogP contribution is 2.34. The van der Waals surface area contributed by atoms with Gasteiger partial charge in [-0.1, -0.05) is 18.2 Å². The predicted octanol–water partition coefficient (Wildman–Crippen LogP) is 4.11. The second-order valence-electron chi connectivity index (χ2n) is 8.54. The summed E-state index contributed by atoms with van der Waals surface area (Å²) in [6.07, 6.45) is 5.90. The maximum Gasteiger partial charge on any atom is 0.162 e. The third kappa shape index (κ3) is 3.13. The molecule has 1 saturated heterocycles. The molecule has 5 aromatic rings. The van der Waals surface area contributed by atoms with E-state index in [1.54, 1.807) is 0 Å². The minimum absolute atomic E-state index is 0.158. The largest absolute Gasteiger partial charge is 0.361 e. The zero-order chi connectivity index (χ0) is 21.7. The lowest BCUT2D eigenvalue weighted by molar-refractivity contribution is 0.504. The van der Waals surface area contributed by atoms with Gasteiger partial charge in [-0.25, -0.2) is 9.97 Å². The summed E-state index contributed by atoms with van der Waals surface area (Å²) in [6, 6.07) is 16.9. The van der Waals surface area contributed by atoms with Gasteiger partial charge in [0.1, 0.15) is 5.82 Å². The molecule has 2 aromatic carbocycles. The summed E-state index contributed by atoms with van der Waals surface area (Å²) in [4.78, 5) is 15.7. The van der Waals surface area contributed by atoms with Crippen molar-refractivity contribution < 1.29 is 0 Å². The van der Waals surface area contributed by atoms with E-state index in [2.05, 4.69) is 51.4 Å². The summed E-state index contributed by atoms with van der Waals surface area (Å²) in [7, 11) is 1.96. The molecule has 0 unspecified atom stereocenters. The standard InChI is InChI=1S/C25H25N7/c1-31-23(10-12-28-31)16-7-8-22-20(14-16)25(32-13-3-4-17(26)15-32)30-24(29-22)19-5-2-6-21-18(19)9-11-27-21/h2,5-12,14,17,27H,3-4,13,15,26H2,1H3/t17-/m0/s1. The lowest BCUT2D eigenvalue weighted by Gasteiger charge is -2.32. The van der Waals surface area contributed by atoms with Gasteiger partial charge in [-0.05, 0) is 43.2 Å². The number of aromatic nitrogens is 5. The van der Waals surface area contributed by atoms with Gasteiger partial charge < -0.3 is 15.6 Å². The van der Waals surface area contributed by atoms with Crippen molar-refractivity contribution in [2.24, 2.45) is 12.8 Å². The molecule has 4 heterocycles. The van der Waals surface area contributed by atoms with Crippen LogP contribution in [-0.4, -0.2) is 43.9 Å². The van der Waals surface area contributed by atoms with Gasteiger partial charge in [-0.15, -0.1) is 0 Å². The van der Waals surface area contributed by atoms with E-state index < -0.39 is 0 Å². The first-order chi connectivity index (χ1) is 15.7. The Morgan fingerprint density at radius 3 is 2.84 bits per heavy atom. The van der Waals surface area contributed by atoms with Crippen molar-refractivity contribution in [2.45, 2.75) is 18.9 Å². The molecule has 0 radical (unpaired) electrons. The highest BCUT2D eigenvalue weighted by molar-refractivity contribution is 5.98. The Hall–Kier alpha value is -3.71. The number of H-pyrrole nitrogens is 1. The van der Waals surface area contributed by atoms with Crippen molar-refractivity contribution in [2.75, 3.05) is 18.0 Å². The Morgan fingerprint density at radius 1 is 1.06 bits per heavy atom. The van der Waals surface area contributed by atoms with E-state index in [4.69, 9.17) is 15.7 Å². The van der Waals surface area contributed by atoms with Crippen LogP contribution in [0.5, 0.6) is 0 Å². The van der Waals surface area contributed by atoms with Crippen LogP contribution in [0.3, 0.4) is 0 Å². The first-order valence-corrected chi connectivity index (χ1v) is 11.0. The summed E-state index contributed by atoms with van der Waals surface area (Å²) in [5.74, 6) is 1.70. The molecule has 7 heteroatoms. The topological polar surface area (TPSA) is 88.7 Å². The Bertz CT molecular complexity index is 1430. The number of benzene rings is 2. The fraction of sp³-hybridized carbons (Fsp3) is 0.240. The normalized spacial score (nSPS) is 16.8. The molecule has 1 atom stereocenters. The van der Waals surface area contributed by atoms with Crippen LogP contribution >= 0.6 is 0 Å². The molecule has 0 amide bonds. The lowest BCUT2D eigenvalue weighted by atomic mass is 10.0. The summed E-state index contributed by atoms with van der Waals surface area (Å²) in [5, 5.41) is 6.50. The number of hydrogen-bond acceptors (Lipinski definition) is 5. The Balaban J connectivity index is 1.58. The molecule has 32 heavy (non-hydrogen) atoms. The second-order valence-corrected chi connectivity index (χ2v) is 8.54. The van der Waals surface area contributed by atoms with Crippen molar-refractivity contribution in [1.82, 2.24) is 24.7 Å². The molecule has 0 saturated carbocycles. The highest BCUT2D eigenvalue weighted by atomic mass is 15.3. The second kappa shape index (κ2) is 7.46. The fourth-order valence-corrected chi connectivity index (χ4v) is 4.77. The summed E-state index contributed by atoms with van der Waals surface area (Å²) in [6.45, 7) is 1.75. The number of nitrogens with zero attached hydrogens (tertiary/aromatic N) is 5. The zero-order valence-electron chi connectivity index (χ0n) is 18.0. The number of aromatic amines is 1. The molecule has 0 spiro atoms. The van der Waals surface area contributed by atoms with Crippen LogP contribution in [0.4, 0.5) is 5.82 Å². The van der Waals surface area contributed by atoms with Crippen molar-refractivity contribution in [3.05, 3.63) is 60.9 Å². The number of hydrogen-bond donors (Lipinski definition) is 2. The predicted molar refractivity (Wildman–Crippen MR) is 128 cm³/mol. The van der Waals surface area contributed by atoms with Crippen molar-refractivity contribution in [3.63, 3.8) is 0 Å². The number of nitrogens with one attached hydrogen (secondary N) is 1. The van der Waals surface area contributed by atoms with E-state index in [9.17, 15) is 0 Å². The average Bonchev–Trinajstić information content (AvgIpc) is 3.46. The van der Waals surface area contributed by atoms with E-state index in [-0.39, 0.29) is 6.04 Å². The third-order valence-electron chi connectivity index (χ3n) is 6.39. The SMILES string of the molecule is Cn1nccc1-c1ccc2nc(-c3cccc4[nH]ccc34)nc(N3CCC[C@H](N)C3)c2c1. The van der Waals surface area contributed by atoms with Gasteiger partial charge in [0.15, 0.2) is 5.82 Å². The quantitative estimate of drug-likeness (QED) is 0.456. The van der Waals surface area contributed by atoms with Crippen LogP contribution in [0.25, 0.3) is 44.5 Å². The summed E-state index contributed by atoms with van der Waals surface area (Å²) < 4.78 is 1.89. The van der Waals surface area contributed by atoms with Gasteiger partial charge in [0.2, 0.25) is 0 Å². The number of anilines is 1. The van der Waals surface area contributed by atoms with Gasteiger partial charge in [0, 0.05) is 66.0 Å². The first-order valence-electron chi connectivity index (χ1n) is 11.0. The van der Waals surface area contributed by atoms with E-state index in [0.29, 0.717) is 0 Å². The molecule has 3 N–H and O–H groups in total. The molecule has 0 bridgehead atoms. The van der Waals surface area contributed by atoms with Gasteiger partial charge in [-0.2, -0.15) is 5.10 Å². The first kappa shape index (κ1) is 19.0. The maximum atomic E-state index is 6.34. The summed E-state index contributed by atoms with van der Waals surface area (Å²) in [5.41, 5.74) is 11.6. The minimum Gasteiger partial charge on any atom is -0.361 e. The number of rotatable bonds is 3. The molecule has 1 aliphatic heterocycles. The molecule has 7 nitrogen and oxygen atoms in total. The molecule has 0 aliphatic carbocycles. The monoisotopic (exact) mass is 423 g/mol. The Labute approximate surface area is 185 Å². The number of nitrogens with two attached hydrogens (primary N) is 1. The van der Waals surface area contributed by atoms with E-state index in [1.165, 1.54) is 0 Å². The Kier molecular flexibility index (Phi) is 4.43.